The molecule has 1 aromatic carbocycles. The number of nitrogens with one attached hydrogen (secondary N) is 2. The Hall–Kier alpha value is -3.40. The molecule has 4 aromatic rings. The molecule has 154 valence electrons. The molecule has 0 radical (unpaired) electrons. The van der Waals surface area contributed by atoms with Crippen LogP contribution in [0.5, 0.6) is 0 Å². The van der Waals surface area contributed by atoms with Crippen molar-refractivity contribution in [3.05, 3.63) is 64.2 Å². The molecule has 0 unspecified atom stereocenters. The van der Waals surface area contributed by atoms with Crippen molar-refractivity contribution in [1.82, 2.24) is 50.8 Å². The van der Waals surface area contributed by atoms with Crippen LogP contribution in [0, 0.1) is 0 Å². The number of benzene rings is 1. The van der Waals surface area contributed by atoms with Crippen LogP contribution in [0.3, 0.4) is 0 Å². The fourth-order valence-corrected chi connectivity index (χ4v) is 3.35. The first-order chi connectivity index (χ1) is 14.7. The number of H-pyrrole nitrogens is 2. The Morgan fingerprint density at radius 2 is 1.97 bits per heavy atom. The summed E-state index contributed by atoms with van der Waals surface area (Å²) in [5, 5.41) is 29.3. The molecular weight excluding hydrogens is 404 g/mol. The minimum Gasteiger partial charge on any atom is -0.324 e. The maximum absolute atomic E-state index is 6.42. The van der Waals surface area contributed by atoms with Gasteiger partial charge in [-0.05, 0) is 29.3 Å². The van der Waals surface area contributed by atoms with Gasteiger partial charge in [0.15, 0.2) is 5.82 Å². The molecular formula is C19H21ClN10. The van der Waals surface area contributed by atoms with Gasteiger partial charge >= 0.3 is 0 Å². The van der Waals surface area contributed by atoms with E-state index in [1.807, 2.05) is 36.5 Å². The summed E-state index contributed by atoms with van der Waals surface area (Å²) >= 11 is 6.42. The van der Waals surface area contributed by atoms with Crippen LogP contribution in [-0.4, -0.2) is 50.8 Å². The van der Waals surface area contributed by atoms with Crippen LogP contribution >= 0.6 is 11.6 Å². The zero-order chi connectivity index (χ0) is 20.8. The number of halogens is 1. The minimum absolute atomic E-state index is 0.400. The SMILES string of the molecule is CCCCc1ncc(/C=C(/Cc2nn[nH]n2)c2nn[nH]n2)n1Cc1ccccc1Cl. The number of hydrogen-bond donors (Lipinski definition) is 2. The van der Waals surface area contributed by atoms with Crippen molar-refractivity contribution in [1.29, 1.82) is 0 Å². The smallest absolute Gasteiger partial charge is 0.201 e. The zero-order valence-electron chi connectivity index (χ0n) is 16.5. The van der Waals surface area contributed by atoms with Gasteiger partial charge in [-0.3, -0.25) is 0 Å². The molecule has 0 saturated carbocycles. The summed E-state index contributed by atoms with van der Waals surface area (Å²) in [5.41, 5.74) is 2.75. The van der Waals surface area contributed by atoms with Gasteiger partial charge in [-0.25, -0.2) is 4.98 Å². The lowest BCUT2D eigenvalue weighted by Crippen LogP contribution is -2.08. The number of imidazole rings is 1. The number of unbranched alkanes of at least 4 members (excludes halogenated alkanes) is 1. The Morgan fingerprint density at radius 3 is 2.70 bits per heavy atom. The number of rotatable bonds is 9. The molecule has 0 aliphatic carbocycles. The van der Waals surface area contributed by atoms with Crippen molar-refractivity contribution in [3.8, 4) is 0 Å². The number of aromatic amines is 2. The van der Waals surface area contributed by atoms with Gasteiger partial charge in [-0.2, -0.15) is 10.4 Å². The highest BCUT2D eigenvalue weighted by Crippen LogP contribution is 2.23. The molecule has 0 atom stereocenters. The van der Waals surface area contributed by atoms with Crippen LogP contribution in [-0.2, 0) is 19.4 Å². The predicted octanol–water partition coefficient (Wildman–Crippen LogP) is 2.74. The van der Waals surface area contributed by atoms with Gasteiger partial charge in [-0.15, -0.1) is 20.4 Å². The second-order valence-corrected chi connectivity index (χ2v) is 7.20. The predicted molar refractivity (Wildman–Crippen MR) is 111 cm³/mol. The van der Waals surface area contributed by atoms with Gasteiger partial charge < -0.3 is 4.57 Å². The summed E-state index contributed by atoms with van der Waals surface area (Å²) < 4.78 is 2.17. The van der Waals surface area contributed by atoms with Crippen LogP contribution < -0.4 is 0 Å². The van der Waals surface area contributed by atoms with E-state index in [0.717, 1.165) is 46.9 Å². The third-order valence-electron chi connectivity index (χ3n) is 4.70. The Kier molecular flexibility index (Phi) is 6.23. The standard InChI is InChI=1S/C19H21ClN10/c1-2-3-8-18-21-11-15(30(18)12-13-6-4-5-7-16(13)20)9-14(19-24-28-29-25-19)10-17-22-26-27-23-17/h4-7,9,11H,2-3,8,10,12H2,1H3,(H,22,23,26,27)(H,24,25,28,29)/b14-9-. The van der Waals surface area contributed by atoms with Crippen LogP contribution in [0.15, 0.2) is 30.5 Å². The summed E-state index contributed by atoms with van der Waals surface area (Å²) in [6, 6.07) is 7.84. The summed E-state index contributed by atoms with van der Waals surface area (Å²) in [4.78, 5) is 4.67. The van der Waals surface area contributed by atoms with Crippen molar-refractivity contribution in [2.45, 2.75) is 39.2 Å². The Bertz CT molecular complexity index is 1100. The number of aryl methyl sites for hydroxylation is 1. The van der Waals surface area contributed by atoms with E-state index < -0.39 is 0 Å². The lowest BCUT2D eigenvalue weighted by Gasteiger charge is -2.12. The van der Waals surface area contributed by atoms with E-state index in [4.69, 9.17) is 11.6 Å². The second-order valence-electron chi connectivity index (χ2n) is 6.79. The lowest BCUT2D eigenvalue weighted by atomic mass is 10.1. The van der Waals surface area contributed by atoms with Crippen LogP contribution in [0.25, 0.3) is 11.6 Å². The third-order valence-corrected chi connectivity index (χ3v) is 5.07. The molecule has 0 fully saturated rings. The largest absolute Gasteiger partial charge is 0.324 e. The molecule has 0 aliphatic rings. The molecule has 2 N–H and O–H groups in total. The first-order valence-electron chi connectivity index (χ1n) is 9.69. The topological polar surface area (TPSA) is 127 Å². The van der Waals surface area contributed by atoms with E-state index >= 15 is 0 Å². The van der Waals surface area contributed by atoms with Gasteiger partial charge in [-0.1, -0.05) is 48.4 Å². The van der Waals surface area contributed by atoms with Gasteiger partial charge in [0.05, 0.1) is 18.4 Å². The molecule has 0 amide bonds. The van der Waals surface area contributed by atoms with E-state index in [1.54, 1.807) is 0 Å². The maximum atomic E-state index is 6.42. The van der Waals surface area contributed by atoms with Crippen LogP contribution in [0.2, 0.25) is 5.02 Å². The van der Waals surface area contributed by atoms with Crippen molar-refractivity contribution < 1.29 is 0 Å². The third kappa shape index (κ3) is 4.60. The van der Waals surface area contributed by atoms with E-state index in [0.29, 0.717) is 24.6 Å². The summed E-state index contributed by atoms with van der Waals surface area (Å²) in [6.45, 7) is 2.79. The van der Waals surface area contributed by atoms with Crippen molar-refractivity contribution >= 4 is 23.3 Å². The number of tetrazole rings is 2. The Morgan fingerprint density at radius 1 is 1.13 bits per heavy atom. The van der Waals surface area contributed by atoms with Crippen LogP contribution in [0.4, 0.5) is 0 Å². The highest BCUT2D eigenvalue weighted by molar-refractivity contribution is 6.31. The van der Waals surface area contributed by atoms with Gasteiger partial charge in [0.25, 0.3) is 0 Å². The first kappa shape index (κ1) is 19.9. The van der Waals surface area contributed by atoms with Gasteiger partial charge in [0.2, 0.25) is 5.82 Å². The summed E-state index contributed by atoms with van der Waals surface area (Å²) in [6.07, 6.45) is 7.28. The molecule has 30 heavy (non-hydrogen) atoms. The molecule has 0 spiro atoms. The molecule has 11 heteroatoms. The zero-order valence-corrected chi connectivity index (χ0v) is 17.2. The molecule has 3 aromatic heterocycles. The van der Waals surface area contributed by atoms with Crippen molar-refractivity contribution in [3.63, 3.8) is 0 Å². The molecule has 4 rings (SSSR count). The summed E-state index contributed by atoms with van der Waals surface area (Å²) in [7, 11) is 0. The highest BCUT2D eigenvalue weighted by Gasteiger charge is 2.15. The molecule has 10 nitrogen and oxygen atoms in total. The maximum Gasteiger partial charge on any atom is 0.201 e. The Labute approximate surface area is 177 Å². The quantitative estimate of drug-likeness (QED) is 0.422. The summed E-state index contributed by atoms with van der Waals surface area (Å²) in [5.74, 6) is 2.02. The van der Waals surface area contributed by atoms with E-state index in [-0.39, 0.29) is 0 Å². The minimum atomic E-state index is 0.400. The van der Waals surface area contributed by atoms with E-state index in [2.05, 4.69) is 57.7 Å². The molecule has 0 saturated heterocycles. The first-order valence-corrected chi connectivity index (χ1v) is 10.1. The van der Waals surface area contributed by atoms with Gasteiger partial charge in [0, 0.05) is 23.4 Å². The van der Waals surface area contributed by atoms with Crippen molar-refractivity contribution in [2.24, 2.45) is 0 Å². The highest BCUT2D eigenvalue weighted by atomic mass is 35.5. The fourth-order valence-electron chi connectivity index (χ4n) is 3.16. The normalized spacial score (nSPS) is 11.9. The lowest BCUT2D eigenvalue weighted by molar-refractivity contribution is 0.675. The van der Waals surface area contributed by atoms with Crippen molar-refractivity contribution in [2.75, 3.05) is 0 Å². The molecule has 3 heterocycles. The number of aromatic nitrogens is 10. The fraction of sp³-hybridized carbons (Fsp3) is 0.316. The molecule has 0 aliphatic heterocycles. The monoisotopic (exact) mass is 424 g/mol. The second kappa shape index (κ2) is 9.40. The average molecular weight is 425 g/mol. The molecule has 0 bridgehead atoms. The van der Waals surface area contributed by atoms with E-state index in [9.17, 15) is 0 Å². The Balaban J connectivity index is 1.74. The van der Waals surface area contributed by atoms with Crippen LogP contribution in [0.1, 0.15) is 48.5 Å². The average Bonchev–Trinajstić information content (AvgIpc) is 3.51. The number of hydrogen-bond acceptors (Lipinski definition) is 7. The van der Waals surface area contributed by atoms with Gasteiger partial charge in [0.1, 0.15) is 5.82 Å². The van der Waals surface area contributed by atoms with E-state index in [1.165, 1.54) is 0 Å². The number of allylic oxidation sites excluding steroid dienone is 1. The number of nitrogens with zero attached hydrogens (tertiary/aromatic N) is 8.